The van der Waals surface area contributed by atoms with Crippen LogP contribution in [0, 0.1) is 5.82 Å². The average Bonchev–Trinajstić information content (AvgIpc) is 2.55. The van der Waals surface area contributed by atoms with Gasteiger partial charge in [0.25, 0.3) is 0 Å². The van der Waals surface area contributed by atoms with Gasteiger partial charge in [-0.15, -0.1) is 0 Å². The zero-order valence-electron chi connectivity index (χ0n) is 13.4. The van der Waals surface area contributed by atoms with Crippen LogP contribution >= 0.6 is 11.6 Å². The van der Waals surface area contributed by atoms with Crippen molar-refractivity contribution in [2.45, 2.75) is 17.9 Å². The number of halogens is 2. The molecule has 134 valence electrons. The Morgan fingerprint density at radius 1 is 1.20 bits per heavy atom. The van der Waals surface area contributed by atoms with Crippen molar-refractivity contribution in [1.82, 2.24) is 4.72 Å². The van der Waals surface area contributed by atoms with Gasteiger partial charge in [-0.2, -0.15) is 4.72 Å². The molecule has 2 aromatic carbocycles. The van der Waals surface area contributed by atoms with E-state index < -0.39 is 27.8 Å². The molecule has 2 aromatic rings. The van der Waals surface area contributed by atoms with Crippen molar-refractivity contribution in [1.29, 1.82) is 0 Å². The maximum absolute atomic E-state index is 12.9. The summed E-state index contributed by atoms with van der Waals surface area (Å²) in [7, 11) is -2.54. The summed E-state index contributed by atoms with van der Waals surface area (Å²) in [5.41, 5.74) is 0.313. The lowest BCUT2D eigenvalue weighted by molar-refractivity contribution is -0.117. The van der Waals surface area contributed by atoms with Crippen LogP contribution in [0.3, 0.4) is 0 Å². The molecule has 6 nitrogen and oxygen atoms in total. The first-order valence-electron chi connectivity index (χ1n) is 7.15. The number of ether oxygens (including phenoxy) is 1. The fraction of sp³-hybridized carbons (Fsp3) is 0.188. The molecule has 0 unspecified atom stereocenters. The zero-order chi connectivity index (χ0) is 18.6. The monoisotopic (exact) mass is 386 g/mol. The van der Waals surface area contributed by atoms with Gasteiger partial charge in [0.2, 0.25) is 15.9 Å². The van der Waals surface area contributed by atoms with Crippen LogP contribution in [-0.4, -0.2) is 27.5 Å². The Morgan fingerprint density at radius 2 is 1.84 bits per heavy atom. The molecule has 0 aliphatic heterocycles. The quantitative estimate of drug-likeness (QED) is 0.799. The Morgan fingerprint density at radius 3 is 2.44 bits per heavy atom. The molecule has 0 spiro atoms. The highest BCUT2D eigenvalue weighted by molar-refractivity contribution is 7.89. The van der Waals surface area contributed by atoms with Crippen LogP contribution in [0.25, 0.3) is 0 Å². The molecule has 25 heavy (non-hydrogen) atoms. The summed E-state index contributed by atoms with van der Waals surface area (Å²) in [5, 5.41) is 2.93. The van der Waals surface area contributed by atoms with Crippen molar-refractivity contribution in [2.75, 3.05) is 12.4 Å². The van der Waals surface area contributed by atoms with Crippen molar-refractivity contribution >= 4 is 33.2 Å². The van der Waals surface area contributed by atoms with E-state index in [1.807, 2.05) is 0 Å². The number of methoxy groups -OCH3 is 1. The summed E-state index contributed by atoms with van der Waals surface area (Å²) in [6, 6.07) is 7.84. The van der Waals surface area contributed by atoms with Gasteiger partial charge in [-0.25, -0.2) is 12.8 Å². The van der Waals surface area contributed by atoms with Crippen LogP contribution in [-0.2, 0) is 14.8 Å². The van der Waals surface area contributed by atoms with Crippen molar-refractivity contribution in [2.24, 2.45) is 0 Å². The van der Waals surface area contributed by atoms with E-state index in [1.165, 1.54) is 20.1 Å². The van der Waals surface area contributed by atoms with E-state index in [9.17, 15) is 17.6 Å². The van der Waals surface area contributed by atoms with Gasteiger partial charge in [0.15, 0.2) is 0 Å². The minimum Gasteiger partial charge on any atom is -0.495 e. The Kier molecular flexibility index (Phi) is 5.99. The average molecular weight is 387 g/mol. The van der Waals surface area contributed by atoms with E-state index in [4.69, 9.17) is 16.3 Å². The highest BCUT2D eigenvalue weighted by Crippen LogP contribution is 2.27. The summed E-state index contributed by atoms with van der Waals surface area (Å²) in [6.07, 6.45) is 0. The summed E-state index contributed by atoms with van der Waals surface area (Å²) in [5.74, 6) is -0.782. The minimum absolute atomic E-state index is 0.145. The molecule has 0 fully saturated rings. The van der Waals surface area contributed by atoms with Crippen molar-refractivity contribution in [3.05, 3.63) is 53.3 Å². The number of carbonyl (C=O) groups excluding carboxylic acids is 1. The Hall–Kier alpha value is -2.16. The molecule has 0 saturated carbocycles. The van der Waals surface area contributed by atoms with E-state index in [1.54, 1.807) is 12.1 Å². The maximum atomic E-state index is 12.9. The Bertz CT molecular complexity index is 872. The molecular weight excluding hydrogens is 371 g/mol. The molecule has 0 bridgehead atoms. The third-order valence-electron chi connectivity index (χ3n) is 3.27. The standard InChI is InChI=1S/C16H16ClFN2O4S/c1-10(20-25(22,23)13-6-4-12(18)5-7-13)16(21)19-14-9-11(17)3-8-15(14)24-2/h3-10,20H,1-2H3,(H,19,21)/t10-/m1/s1. The molecule has 1 amide bonds. The SMILES string of the molecule is COc1ccc(Cl)cc1NC(=O)[C@@H](C)NS(=O)(=O)c1ccc(F)cc1. The van der Waals surface area contributed by atoms with Gasteiger partial charge >= 0.3 is 0 Å². The first-order valence-corrected chi connectivity index (χ1v) is 9.01. The van der Waals surface area contributed by atoms with E-state index in [0.29, 0.717) is 16.5 Å². The van der Waals surface area contributed by atoms with Crippen molar-refractivity contribution in [3.63, 3.8) is 0 Å². The molecule has 0 heterocycles. The largest absolute Gasteiger partial charge is 0.495 e. The summed E-state index contributed by atoms with van der Waals surface area (Å²) >= 11 is 5.89. The zero-order valence-corrected chi connectivity index (χ0v) is 15.0. The maximum Gasteiger partial charge on any atom is 0.242 e. The molecule has 0 radical (unpaired) electrons. The lowest BCUT2D eigenvalue weighted by Crippen LogP contribution is -2.41. The predicted molar refractivity (Wildman–Crippen MR) is 92.8 cm³/mol. The van der Waals surface area contributed by atoms with Crippen molar-refractivity contribution in [3.8, 4) is 5.75 Å². The van der Waals surface area contributed by atoms with Gasteiger partial charge in [-0.1, -0.05) is 11.6 Å². The van der Waals surface area contributed by atoms with E-state index in [0.717, 1.165) is 24.3 Å². The summed E-state index contributed by atoms with van der Waals surface area (Å²) in [4.78, 5) is 12.1. The highest BCUT2D eigenvalue weighted by atomic mass is 35.5. The second-order valence-electron chi connectivity index (χ2n) is 5.13. The molecular formula is C16H16ClFN2O4S. The highest BCUT2D eigenvalue weighted by Gasteiger charge is 2.23. The number of hydrogen-bond acceptors (Lipinski definition) is 4. The summed E-state index contributed by atoms with van der Waals surface area (Å²) in [6.45, 7) is 1.38. The van der Waals surface area contributed by atoms with Gasteiger partial charge in [0.1, 0.15) is 11.6 Å². The number of sulfonamides is 1. The normalized spacial score (nSPS) is 12.5. The Labute approximate surface area is 150 Å². The van der Waals surface area contributed by atoms with Crippen LogP contribution < -0.4 is 14.8 Å². The smallest absolute Gasteiger partial charge is 0.242 e. The molecule has 0 aliphatic rings. The van der Waals surface area contributed by atoms with E-state index >= 15 is 0 Å². The van der Waals surface area contributed by atoms with Gasteiger partial charge in [0, 0.05) is 5.02 Å². The van der Waals surface area contributed by atoms with E-state index in [-0.39, 0.29) is 4.90 Å². The number of carbonyl (C=O) groups is 1. The molecule has 0 aromatic heterocycles. The molecule has 2 rings (SSSR count). The number of nitrogens with one attached hydrogen (secondary N) is 2. The number of hydrogen-bond donors (Lipinski definition) is 2. The van der Waals surface area contributed by atoms with Gasteiger partial charge < -0.3 is 10.1 Å². The fourth-order valence-corrected chi connectivity index (χ4v) is 3.36. The van der Waals surface area contributed by atoms with Crippen LogP contribution in [0.1, 0.15) is 6.92 Å². The number of anilines is 1. The third-order valence-corrected chi connectivity index (χ3v) is 5.06. The van der Waals surface area contributed by atoms with Crippen LogP contribution in [0.15, 0.2) is 47.4 Å². The lowest BCUT2D eigenvalue weighted by atomic mass is 10.2. The number of benzene rings is 2. The second-order valence-corrected chi connectivity index (χ2v) is 7.28. The van der Waals surface area contributed by atoms with E-state index in [2.05, 4.69) is 10.0 Å². The second kappa shape index (κ2) is 7.81. The molecule has 9 heteroatoms. The Balaban J connectivity index is 2.12. The van der Waals surface area contributed by atoms with Gasteiger partial charge in [-0.3, -0.25) is 4.79 Å². The molecule has 0 aliphatic carbocycles. The first-order chi connectivity index (χ1) is 11.7. The molecule has 0 saturated heterocycles. The molecule has 2 N–H and O–H groups in total. The third kappa shape index (κ3) is 4.91. The van der Waals surface area contributed by atoms with Crippen LogP contribution in [0.5, 0.6) is 5.75 Å². The lowest BCUT2D eigenvalue weighted by Gasteiger charge is -2.16. The predicted octanol–water partition coefficient (Wildman–Crippen LogP) is 2.79. The molecule has 1 atom stereocenters. The van der Waals surface area contributed by atoms with Gasteiger partial charge in [-0.05, 0) is 49.4 Å². The number of rotatable bonds is 6. The first kappa shape index (κ1) is 19.2. The van der Waals surface area contributed by atoms with Crippen molar-refractivity contribution < 1.29 is 22.3 Å². The fourth-order valence-electron chi connectivity index (χ4n) is 1.99. The van der Waals surface area contributed by atoms with Gasteiger partial charge in [0.05, 0.1) is 23.7 Å². The van der Waals surface area contributed by atoms with Crippen LogP contribution in [0.4, 0.5) is 10.1 Å². The van der Waals surface area contributed by atoms with Crippen LogP contribution in [0.2, 0.25) is 5.02 Å². The topological polar surface area (TPSA) is 84.5 Å². The minimum atomic E-state index is -3.97. The summed E-state index contributed by atoms with van der Waals surface area (Å²) < 4.78 is 44.7. The number of amides is 1.